The third-order valence-electron chi connectivity index (χ3n) is 3.97. The van der Waals surface area contributed by atoms with E-state index < -0.39 is 28.5 Å². The molecular weight excluding hydrogens is 421 g/mol. The zero-order valence-electron chi connectivity index (χ0n) is 12.1. The van der Waals surface area contributed by atoms with Crippen LogP contribution < -0.4 is 4.72 Å². The number of benzene rings is 1. The molecule has 1 aromatic rings. The standard InChI is InChI=1S/C14H18INO5S/c1-16-22(17,18)21-13-12(10-6-2-3-7-11(10)15)19-14(20-13)8-4-5-9-14/h2-3,6-7,12-13,16H,4-5,8-9H2,1H3. The number of halogens is 1. The first-order valence-electron chi connectivity index (χ1n) is 7.16. The first kappa shape index (κ1) is 16.6. The van der Waals surface area contributed by atoms with Crippen LogP contribution in [-0.4, -0.2) is 27.5 Å². The largest absolute Gasteiger partial charge is 0.338 e. The van der Waals surface area contributed by atoms with Gasteiger partial charge in [-0.3, -0.25) is 0 Å². The van der Waals surface area contributed by atoms with Gasteiger partial charge in [0.25, 0.3) is 0 Å². The van der Waals surface area contributed by atoms with Crippen molar-refractivity contribution in [1.29, 1.82) is 0 Å². The summed E-state index contributed by atoms with van der Waals surface area (Å²) < 4.78 is 43.8. The summed E-state index contributed by atoms with van der Waals surface area (Å²) in [6.45, 7) is 0. The van der Waals surface area contributed by atoms with E-state index in [-0.39, 0.29) is 0 Å². The van der Waals surface area contributed by atoms with Gasteiger partial charge in [0, 0.05) is 23.5 Å². The molecule has 1 N–H and O–H groups in total. The quantitative estimate of drug-likeness (QED) is 0.730. The van der Waals surface area contributed by atoms with E-state index in [0.29, 0.717) is 0 Å². The lowest BCUT2D eigenvalue weighted by molar-refractivity contribution is -0.188. The molecule has 0 amide bonds. The van der Waals surface area contributed by atoms with E-state index in [9.17, 15) is 8.42 Å². The van der Waals surface area contributed by atoms with E-state index in [1.54, 1.807) is 0 Å². The molecule has 2 atom stereocenters. The fourth-order valence-corrected chi connectivity index (χ4v) is 4.08. The molecule has 1 saturated heterocycles. The van der Waals surface area contributed by atoms with Gasteiger partial charge < -0.3 is 9.47 Å². The second-order valence-electron chi connectivity index (χ2n) is 5.42. The number of rotatable bonds is 4. The van der Waals surface area contributed by atoms with Gasteiger partial charge in [0.2, 0.25) is 6.29 Å². The highest BCUT2D eigenvalue weighted by Gasteiger charge is 2.51. The molecule has 0 bridgehead atoms. The van der Waals surface area contributed by atoms with Crippen LogP contribution in [0.1, 0.15) is 37.4 Å². The third kappa shape index (κ3) is 3.31. The summed E-state index contributed by atoms with van der Waals surface area (Å²) in [5.41, 5.74) is 0.878. The molecule has 0 radical (unpaired) electrons. The van der Waals surface area contributed by atoms with Gasteiger partial charge in [-0.25, -0.2) is 4.18 Å². The highest BCUT2D eigenvalue weighted by molar-refractivity contribution is 14.1. The van der Waals surface area contributed by atoms with Crippen LogP contribution in [0.15, 0.2) is 24.3 Å². The summed E-state index contributed by atoms with van der Waals surface area (Å²) in [4.78, 5) is 0. The lowest BCUT2D eigenvalue weighted by Gasteiger charge is -2.21. The molecule has 2 fully saturated rings. The second-order valence-corrected chi connectivity index (χ2v) is 8.09. The van der Waals surface area contributed by atoms with E-state index in [1.807, 2.05) is 24.3 Å². The summed E-state index contributed by atoms with van der Waals surface area (Å²) in [6.07, 6.45) is 1.98. The third-order valence-corrected chi connectivity index (χ3v) is 5.89. The topological polar surface area (TPSA) is 73.9 Å². The minimum Gasteiger partial charge on any atom is -0.336 e. The molecule has 2 aliphatic rings. The molecule has 1 saturated carbocycles. The van der Waals surface area contributed by atoms with Crippen LogP contribution in [-0.2, 0) is 24.0 Å². The van der Waals surface area contributed by atoms with Crippen LogP contribution in [0.25, 0.3) is 0 Å². The van der Waals surface area contributed by atoms with Gasteiger partial charge in [-0.1, -0.05) is 18.2 Å². The molecule has 1 aliphatic heterocycles. The average molecular weight is 439 g/mol. The molecular formula is C14H18INO5S. The van der Waals surface area contributed by atoms with Crippen molar-refractivity contribution in [3.63, 3.8) is 0 Å². The highest BCUT2D eigenvalue weighted by atomic mass is 127. The van der Waals surface area contributed by atoms with E-state index in [1.165, 1.54) is 7.05 Å². The van der Waals surface area contributed by atoms with Crippen LogP contribution in [0.2, 0.25) is 0 Å². The normalized spacial score (nSPS) is 27.5. The van der Waals surface area contributed by atoms with E-state index in [2.05, 4.69) is 27.3 Å². The van der Waals surface area contributed by atoms with Gasteiger partial charge >= 0.3 is 10.3 Å². The van der Waals surface area contributed by atoms with Crippen LogP contribution in [0.5, 0.6) is 0 Å². The Hall–Kier alpha value is -0.260. The van der Waals surface area contributed by atoms with Crippen molar-refractivity contribution in [2.24, 2.45) is 0 Å². The molecule has 6 nitrogen and oxygen atoms in total. The molecule has 8 heteroatoms. The van der Waals surface area contributed by atoms with Crippen molar-refractivity contribution < 1.29 is 22.1 Å². The fourth-order valence-electron chi connectivity index (χ4n) is 2.90. The Morgan fingerprint density at radius 1 is 1.27 bits per heavy atom. The Balaban J connectivity index is 1.92. The van der Waals surface area contributed by atoms with Crippen LogP contribution in [0, 0.1) is 3.57 Å². The minimum atomic E-state index is -3.86. The number of hydrogen-bond acceptors (Lipinski definition) is 5. The minimum absolute atomic E-state index is 0.561. The SMILES string of the molecule is CNS(=O)(=O)OC1OC2(CCCC2)OC1c1ccccc1I. The molecule has 122 valence electrons. The summed E-state index contributed by atoms with van der Waals surface area (Å²) >= 11 is 2.20. The Morgan fingerprint density at radius 2 is 1.95 bits per heavy atom. The number of ether oxygens (including phenoxy) is 2. The van der Waals surface area contributed by atoms with Gasteiger partial charge in [0.15, 0.2) is 5.79 Å². The first-order chi connectivity index (χ1) is 10.4. The molecule has 3 rings (SSSR count). The van der Waals surface area contributed by atoms with Gasteiger partial charge in [-0.15, -0.1) is 0 Å². The fraction of sp³-hybridized carbons (Fsp3) is 0.571. The second kappa shape index (κ2) is 6.33. The van der Waals surface area contributed by atoms with Crippen molar-refractivity contribution >= 4 is 32.9 Å². The summed E-state index contributed by atoms with van der Waals surface area (Å²) in [6, 6.07) is 7.67. The van der Waals surface area contributed by atoms with Gasteiger partial charge in [-0.2, -0.15) is 13.1 Å². The molecule has 22 heavy (non-hydrogen) atoms. The first-order valence-corrected chi connectivity index (χ1v) is 9.65. The average Bonchev–Trinajstić information content (AvgIpc) is 3.07. The van der Waals surface area contributed by atoms with Gasteiger partial charge in [-0.05, 0) is 47.1 Å². The van der Waals surface area contributed by atoms with Crippen LogP contribution >= 0.6 is 22.6 Å². The molecule has 1 heterocycles. The van der Waals surface area contributed by atoms with Crippen molar-refractivity contribution in [2.45, 2.75) is 43.9 Å². The van der Waals surface area contributed by atoms with Gasteiger partial charge in [0.1, 0.15) is 6.10 Å². The summed E-state index contributed by atoms with van der Waals surface area (Å²) in [7, 11) is -2.56. The van der Waals surface area contributed by atoms with Crippen LogP contribution in [0.3, 0.4) is 0 Å². The lowest BCUT2D eigenvalue weighted by Crippen LogP contribution is -2.32. The van der Waals surface area contributed by atoms with Crippen molar-refractivity contribution in [3.05, 3.63) is 33.4 Å². The zero-order chi connectivity index (χ0) is 15.8. The number of nitrogens with one attached hydrogen (secondary N) is 1. The maximum Gasteiger partial charge on any atom is 0.338 e. The Morgan fingerprint density at radius 3 is 2.59 bits per heavy atom. The zero-order valence-corrected chi connectivity index (χ0v) is 15.1. The predicted molar refractivity (Wildman–Crippen MR) is 88.1 cm³/mol. The van der Waals surface area contributed by atoms with Crippen molar-refractivity contribution in [1.82, 2.24) is 4.72 Å². The summed E-state index contributed by atoms with van der Waals surface area (Å²) in [5, 5.41) is 0. The Labute approximate surface area is 143 Å². The maximum atomic E-state index is 11.7. The Kier molecular flexibility index (Phi) is 4.77. The molecule has 0 aromatic heterocycles. The molecule has 1 aliphatic carbocycles. The Bertz CT molecular complexity index is 644. The van der Waals surface area contributed by atoms with Gasteiger partial charge in [0.05, 0.1) is 0 Å². The van der Waals surface area contributed by atoms with Crippen molar-refractivity contribution in [2.75, 3.05) is 7.05 Å². The van der Waals surface area contributed by atoms with E-state index in [4.69, 9.17) is 13.7 Å². The van der Waals surface area contributed by atoms with E-state index in [0.717, 1.165) is 34.8 Å². The monoisotopic (exact) mass is 439 g/mol. The maximum absolute atomic E-state index is 11.7. The smallest absolute Gasteiger partial charge is 0.336 e. The molecule has 1 spiro atoms. The van der Waals surface area contributed by atoms with E-state index >= 15 is 0 Å². The summed E-state index contributed by atoms with van der Waals surface area (Å²) in [5.74, 6) is -0.725. The lowest BCUT2D eigenvalue weighted by atomic mass is 10.1. The highest BCUT2D eigenvalue weighted by Crippen LogP contribution is 2.48. The number of hydrogen-bond donors (Lipinski definition) is 1. The molecule has 1 aromatic carbocycles. The van der Waals surface area contributed by atoms with Crippen LogP contribution in [0.4, 0.5) is 0 Å². The van der Waals surface area contributed by atoms with Crippen molar-refractivity contribution in [3.8, 4) is 0 Å². The molecule has 2 unspecified atom stereocenters. The predicted octanol–water partition coefficient (Wildman–Crippen LogP) is 2.46.